The summed E-state index contributed by atoms with van der Waals surface area (Å²) in [6.45, 7) is 1.04. The van der Waals surface area contributed by atoms with Crippen molar-refractivity contribution in [2.24, 2.45) is 0 Å². The highest BCUT2D eigenvalue weighted by atomic mass is 32.2. The first kappa shape index (κ1) is 17.8. The van der Waals surface area contributed by atoms with Gasteiger partial charge in [0.15, 0.2) is 0 Å². The Kier molecular flexibility index (Phi) is 5.31. The normalized spacial score (nSPS) is 16.7. The van der Waals surface area contributed by atoms with Crippen molar-refractivity contribution < 1.29 is 18.3 Å². The van der Waals surface area contributed by atoms with Crippen LogP contribution in [0.25, 0.3) is 11.6 Å². The molecule has 0 unspecified atom stereocenters. The summed E-state index contributed by atoms with van der Waals surface area (Å²) >= 11 is 0.995. The highest BCUT2D eigenvalue weighted by Gasteiger charge is 2.28. The van der Waals surface area contributed by atoms with E-state index in [0.29, 0.717) is 23.5 Å². The third-order valence-electron chi connectivity index (χ3n) is 4.00. The maximum atomic E-state index is 12.7. The molecule has 3 heterocycles. The van der Waals surface area contributed by atoms with Gasteiger partial charge in [0.2, 0.25) is 0 Å². The summed E-state index contributed by atoms with van der Waals surface area (Å²) in [4.78, 5) is 15.9. The van der Waals surface area contributed by atoms with E-state index in [4.69, 9.17) is 0 Å². The van der Waals surface area contributed by atoms with Crippen molar-refractivity contribution in [3.8, 4) is 0 Å². The highest BCUT2D eigenvalue weighted by Crippen LogP contribution is 2.31. The van der Waals surface area contributed by atoms with Crippen LogP contribution in [0.1, 0.15) is 29.7 Å². The van der Waals surface area contributed by atoms with Gasteiger partial charge in [0.25, 0.3) is 10.0 Å². The Morgan fingerprint density at radius 1 is 1.12 bits per heavy atom. The van der Waals surface area contributed by atoms with Crippen LogP contribution in [0, 0.1) is 0 Å². The number of carboxylic acid groups (broad SMARTS) is 1. The third-order valence-corrected chi connectivity index (χ3v) is 7.49. The van der Waals surface area contributed by atoms with Gasteiger partial charge in [-0.1, -0.05) is 6.42 Å². The van der Waals surface area contributed by atoms with Crippen molar-refractivity contribution in [1.82, 2.24) is 9.29 Å². The fraction of sp³-hybridized carbons (Fsp3) is 0.294. The average molecular weight is 378 g/mol. The van der Waals surface area contributed by atoms with Crippen molar-refractivity contribution in [1.29, 1.82) is 0 Å². The minimum absolute atomic E-state index is 0.0660. The molecule has 1 aliphatic rings. The Labute approximate surface area is 150 Å². The second-order valence-electron chi connectivity index (χ2n) is 5.73. The van der Waals surface area contributed by atoms with Crippen molar-refractivity contribution in [2.75, 3.05) is 13.1 Å². The lowest BCUT2D eigenvalue weighted by atomic mass is 10.1. The van der Waals surface area contributed by atoms with Gasteiger partial charge >= 0.3 is 5.97 Å². The van der Waals surface area contributed by atoms with Gasteiger partial charge in [-0.25, -0.2) is 13.2 Å². The zero-order valence-corrected chi connectivity index (χ0v) is 15.1. The monoisotopic (exact) mass is 378 g/mol. The Hall–Kier alpha value is -2.03. The van der Waals surface area contributed by atoms with Crippen molar-refractivity contribution >= 4 is 39.0 Å². The van der Waals surface area contributed by atoms with Crippen LogP contribution < -0.4 is 0 Å². The first-order valence-electron chi connectivity index (χ1n) is 7.94. The molecule has 0 atom stereocenters. The van der Waals surface area contributed by atoms with Gasteiger partial charge in [-0.3, -0.25) is 4.98 Å². The van der Waals surface area contributed by atoms with Crippen LogP contribution in [-0.4, -0.2) is 41.9 Å². The van der Waals surface area contributed by atoms with E-state index in [1.165, 1.54) is 16.4 Å². The number of hydrogen-bond donors (Lipinski definition) is 1. The zero-order valence-electron chi connectivity index (χ0n) is 13.5. The Balaban J connectivity index is 1.93. The molecule has 0 radical (unpaired) electrons. The molecule has 1 aliphatic heterocycles. The van der Waals surface area contributed by atoms with Gasteiger partial charge < -0.3 is 5.11 Å². The number of aromatic nitrogens is 1. The molecule has 1 saturated heterocycles. The molecule has 8 heteroatoms. The lowest BCUT2D eigenvalue weighted by Crippen LogP contribution is -2.35. The first-order valence-corrected chi connectivity index (χ1v) is 10.2. The molecule has 132 valence electrons. The predicted octanol–water partition coefficient (Wildman–Crippen LogP) is 2.94. The Morgan fingerprint density at radius 3 is 2.44 bits per heavy atom. The fourth-order valence-electron chi connectivity index (χ4n) is 2.70. The lowest BCUT2D eigenvalue weighted by Gasteiger charge is -2.25. The van der Waals surface area contributed by atoms with Gasteiger partial charge in [0.1, 0.15) is 4.21 Å². The number of sulfonamides is 1. The molecule has 1 fully saturated rings. The molecule has 0 bridgehead atoms. The number of carbonyl (C=O) groups is 1. The number of hydrogen-bond acceptors (Lipinski definition) is 5. The summed E-state index contributed by atoms with van der Waals surface area (Å²) in [5.41, 5.74) is 0.762. The molecule has 6 nitrogen and oxygen atoms in total. The number of thiophene rings is 1. The summed E-state index contributed by atoms with van der Waals surface area (Å²) in [5.74, 6) is -1.10. The molecule has 0 spiro atoms. The van der Waals surface area contributed by atoms with Crippen LogP contribution in [0.2, 0.25) is 0 Å². The quantitative estimate of drug-likeness (QED) is 0.808. The maximum Gasteiger partial charge on any atom is 0.337 e. The van der Waals surface area contributed by atoms with Gasteiger partial charge in [-0.05, 0) is 48.7 Å². The summed E-state index contributed by atoms with van der Waals surface area (Å²) in [7, 11) is -3.55. The molecule has 0 saturated carbocycles. The van der Waals surface area contributed by atoms with Crippen LogP contribution in [0.15, 0.2) is 40.9 Å². The molecule has 0 aromatic carbocycles. The van der Waals surface area contributed by atoms with E-state index < -0.39 is 16.0 Å². The van der Waals surface area contributed by atoms with Gasteiger partial charge in [0.05, 0.1) is 5.57 Å². The molecule has 2 aromatic rings. The molecule has 2 aromatic heterocycles. The van der Waals surface area contributed by atoms with Crippen LogP contribution >= 0.6 is 11.3 Å². The largest absolute Gasteiger partial charge is 0.478 e. The number of pyridine rings is 1. The van der Waals surface area contributed by atoms with Crippen molar-refractivity contribution in [3.63, 3.8) is 0 Å². The SMILES string of the molecule is O=C(O)/C(=C/c1ccncc1)c1ccc(S(=O)(=O)N2CCCCC2)s1. The molecule has 3 rings (SSSR count). The topological polar surface area (TPSA) is 87.6 Å². The van der Waals surface area contributed by atoms with E-state index in [1.807, 2.05) is 0 Å². The van der Waals surface area contributed by atoms with Crippen LogP contribution in [0.3, 0.4) is 0 Å². The lowest BCUT2D eigenvalue weighted by molar-refractivity contribution is -0.130. The van der Waals surface area contributed by atoms with E-state index in [0.717, 1.165) is 30.6 Å². The summed E-state index contributed by atoms with van der Waals surface area (Å²) < 4.78 is 27.1. The summed E-state index contributed by atoms with van der Waals surface area (Å²) in [6, 6.07) is 6.44. The average Bonchev–Trinajstić information content (AvgIpc) is 3.11. The second-order valence-corrected chi connectivity index (χ2v) is 8.98. The number of carboxylic acids is 1. The maximum absolute atomic E-state index is 12.7. The third kappa shape index (κ3) is 3.97. The minimum Gasteiger partial charge on any atom is -0.478 e. The van der Waals surface area contributed by atoms with E-state index >= 15 is 0 Å². The number of piperidine rings is 1. The van der Waals surface area contributed by atoms with Crippen molar-refractivity contribution in [3.05, 3.63) is 47.1 Å². The summed E-state index contributed by atoms with van der Waals surface area (Å²) in [6.07, 6.45) is 7.43. The Morgan fingerprint density at radius 2 is 1.80 bits per heavy atom. The van der Waals surface area contributed by atoms with E-state index in [1.54, 1.807) is 30.6 Å². The number of aliphatic carboxylic acids is 1. The number of nitrogens with zero attached hydrogens (tertiary/aromatic N) is 2. The van der Waals surface area contributed by atoms with Crippen molar-refractivity contribution in [2.45, 2.75) is 23.5 Å². The fourth-order valence-corrected chi connectivity index (χ4v) is 5.69. The van der Waals surface area contributed by atoms with Gasteiger partial charge in [0, 0.05) is 30.4 Å². The molecule has 0 amide bonds. The molecular weight excluding hydrogens is 360 g/mol. The highest BCUT2D eigenvalue weighted by molar-refractivity contribution is 7.91. The standard InChI is InChI=1S/C17H18N2O4S2/c20-17(21)14(12-13-6-8-18-9-7-13)15-4-5-16(24-15)25(22,23)19-10-2-1-3-11-19/h4-9,12H,1-3,10-11H2,(H,20,21)/b14-12+. The van der Waals surface area contributed by atoms with Crippen LogP contribution in [0.4, 0.5) is 0 Å². The van der Waals surface area contributed by atoms with Gasteiger partial charge in [-0.15, -0.1) is 11.3 Å². The molecular formula is C17H18N2O4S2. The molecule has 25 heavy (non-hydrogen) atoms. The summed E-state index contributed by atoms with van der Waals surface area (Å²) in [5, 5.41) is 9.51. The minimum atomic E-state index is -3.55. The molecule has 0 aliphatic carbocycles. The van der Waals surface area contributed by atoms with E-state index in [2.05, 4.69) is 4.98 Å². The predicted molar refractivity (Wildman–Crippen MR) is 96.7 cm³/mol. The second kappa shape index (κ2) is 7.47. The van der Waals surface area contributed by atoms with E-state index in [9.17, 15) is 18.3 Å². The first-order chi connectivity index (χ1) is 12.0. The van der Waals surface area contributed by atoms with E-state index in [-0.39, 0.29) is 9.78 Å². The smallest absolute Gasteiger partial charge is 0.337 e. The molecule has 1 N–H and O–H groups in total. The number of rotatable bonds is 5. The van der Waals surface area contributed by atoms with Gasteiger partial charge in [-0.2, -0.15) is 4.31 Å². The zero-order chi connectivity index (χ0) is 17.9. The van der Waals surface area contributed by atoms with Crippen LogP contribution in [0.5, 0.6) is 0 Å². The van der Waals surface area contributed by atoms with Crippen LogP contribution in [-0.2, 0) is 14.8 Å². The Bertz CT molecular complexity index is 882.